The van der Waals surface area contributed by atoms with Gasteiger partial charge in [-0.2, -0.15) is 0 Å². The lowest BCUT2D eigenvalue weighted by molar-refractivity contribution is 0.668. The molecule has 0 radical (unpaired) electrons. The molecular weight excluding hydrogens is 1650 g/mol. The molecule has 31 rings (SSSR count). The molecule has 3 aliphatic rings. The van der Waals surface area contributed by atoms with Crippen LogP contribution in [-0.4, -0.2) is 29.3 Å². The van der Waals surface area contributed by atoms with Crippen LogP contribution in [0.4, 0.5) is 0 Å². The molecule has 7 aromatic heterocycles. The van der Waals surface area contributed by atoms with E-state index in [2.05, 4.69) is 434 Å². The van der Waals surface area contributed by atoms with E-state index in [9.17, 15) is 0 Å². The van der Waals surface area contributed by atoms with E-state index in [1.165, 1.54) is 165 Å². The lowest BCUT2D eigenvalue weighted by Gasteiger charge is -2.19. The van der Waals surface area contributed by atoms with Gasteiger partial charge in [-0.15, -0.1) is 0 Å². The van der Waals surface area contributed by atoms with Crippen LogP contribution in [0.2, 0.25) is 0 Å². The van der Waals surface area contributed by atoms with Gasteiger partial charge in [-0.05, 0) is 170 Å². The van der Waals surface area contributed by atoms with Gasteiger partial charge in [0.25, 0.3) is 0 Å². The third-order valence-electron chi connectivity index (χ3n) is 29.3. The van der Waals surface area contributed by atoms with E-state index < -0.39 is 0 Å². The van der Waals surface area contributed by atoms with Crippen molar-refractivity contribution in [3.63, 3.8) is 0 Å². The van der Waals surface area contributed by atoms with Gasteiger partial charge in [-0.3, -0.25) is 0 Å². The zero-order valence-electron chi connectivity index (χ0n) is 73.5. The molecule has 21 aromatic carbocycles. The van der Waals surface area contributed by atoms with Gasteiger partial charge in [0.05, 0.1) is 22.1 Å². The number of para-hydroxylation sites is 9. The van der Waals surface area contributed by atoms with E-state index in [0.717, 1.165) is 115 Å². The first-order valence-electron chi connectivity index (χ1n) is 46.8. The van der Waals surface area contributed by atoms with Crippen LogP contribution in [-0.2, 0) is 0 Å². The Hall–Kier alpha value is -17.6. The third-order valence-corrected chi connectivity index (χ3v) is 29.3. The highest BCUT2D eigenvalue weighted by Gasteiger charge is 2.39. The van der Waals surface area contributed by atoms with Crippen LogP contribution in [0.25, 0.3) is 231 Å². The number of hydrogen-bond acceptors (Lipinski definition) is 5. The lowest BCUT2D eigenvalue weighted by atomic mass is 9.35. The second-order valence-corrected chi connectivity index (χ2v) is 36.5. The maximum absolute atomic E-state index is 6.67. The number of hydrogen-bond donors (Lipinski definition) is 0. The van der Waals surface area contributed by atoms with Gasteiger partial charge in [0.15, 0.2) is 0 Å². The first kappa shape index (κ1) is 76.2. The molecule has 0 fully saturated rings. The molecule has 0 bridgehead atoms. The smallest absolute Gasteiger partial charge is 0.242 e. The van der Waals surface area contributed by atoms with E-state index in [0.29, 0.717) is 0 Å². The van der Waals surface area contributed by atoms with Crippen molar-refractivity contribution >= 4 is 223 Å². The van der Waals surface area contributed by atoms with Crippen molar-refractivity contribution in [2.75, 3.05) is 0 Å². The topological polar surface area (TPSA) is 75.6 Å². The van der Waals surface area contributed by atoms with E-state index in [1.54, 1.807) is 0 Å². The van der Waals surface area contributed by atoms with Crippen LogP contribution >= 0.6 is 0 Å². The summed E-state index contributed by atoms with van der Waals surface area (Å²) in [6.45, 7) is 0.0351. The van der Waals surface area contributed by atoms with Crippen LogP contribution in [0.15, 0.2) is 477 Å². The van der Waals surface area contributed by atoms with Crippen molar-refractivity contribution in [2.45, 2.75) is 0 Å². The fourth-order valence-corrected chi connectivity index (χ4v) is 23.5. The molecule has 7 nitrogen and oxygen atoms in total. The summed E-state index contributed by atoms with van der Waals surface area (Å²) in [6.07, 6.45) is 0. The van der Waals surface area contributed by atoms with Gasteiger partial charge in [-0.25, -0.2) is 0 Å². The molecule has 628 valence electrons. The Labute approximate surface area is 781 Å². The number of aromatic nitrogens is 2. The summed E-state index contributed by atoms with van der Waals surface area (Å²) in [7, 11) is 0. The minimum Gasteiger partial charge on any atom is -0.456 e. The van der Waals surface area contributed by atoms with Crippen LogP contribution in [0.1, 0.15) is 0 Å². The summed E-state index contributed by atoms with van der Waals surface area (Å²) < 4.78 is 37.2. The van der Waals surface area contributed by atoms with Gasteiger partial charge >= 0.3 is 0 Å². The molecule has 10 heterocycles. The number of furan rings is 5. The molecule has 0 saturated carbocycles. The van der Waals surface area contributed by atoms with Crippen molar-refractivity contribution in [1.82, 2.24) is 9.13 Å². The Kier molecular flexibility index (Phi) is 16.8. The number of nitrogens with zero attached hydrogens (tertiary/aromatic N) is 2. The van der Waals surface area contributed by atoms with Crippen LogP contribution < -0.4 is 49.2 Å². The van der Waals surface area contributed by atoms with E-state index in [4.69, 9.17) is 22.1 Å². The third kappa shape index (κ3) is 11.6. The Morgan fingerprint density at radius 1 is 0.147 bits per heavy atom. The molecule has 136 heavy (non-hydrogen) atoms. The molecule has 28 aromatic rings. The maximum atomic E-state index is 6.67. The van der Waals surface area contributed by atoms with Gasteiger partial charge in [0.2, 0.25) is 20.1 Å². The number of rotatable bonds is 5. The highest BCUT2D eigenvalue weighted by molar-refractivity contribution is 6.99. The highest BCUT2D eigenvalue weighted by Crippen LogP contribution is 2.47. The Morgan fingerprint density at radius 3 is 0.882 bits per heavy atom. The van der Waals surface area contributed by atoms with Crippen molar-refractivity contribution in [3.8, 4) is 78.1 Å². The molecule has 0 amide bonds. The fraction of sp³-hybridized carbons (Fsp3) is 0. The van der Waals surface area contributed by atoms with E-state index in [-0.39, 0.29) is 20.1 Å². The summed E-state index contributed by atoms with van der Waals surface area (Å²) in [4.78, 5) is 0. The Bertz CT molecular complexity index is 9540. The second-order valence-electron chi connectivity index (χ2n) is 36.5. The Morgan fingerprint density at radius 2 is 0.449 bits per heavy atom. The zero-order chi connectivity index (χ0) is 88.9. The van der Waals surface area contributed by atoms with Crippen molar-refractivity contribution < 1.29 is 22.1 Å². The molecule has 0 unspecified atom stereocenters. The summed E-state index contributed by atoms with van der Waals surface area (Å²) >= 11 is 0. The maximum Gasteiger partial charge on any atom is 0.242 e. The van der Waals surface area contributed by atoms with E-state index >= 15 is 0 Å². The molecule has 3 aliphatic heterocycles. The minimum absolute atomic E-state index is 0.0414. The normalized spacial score (nSPS) is 12.5. The zero-order valence-corrected chi connectivity index (χ0v) is 73.5. The van der Waals surface area contributed by atoms with Gasteiger partial charge in [-0.1, -0.05) is 395 Å². The standard InChI is InChI=1S/C48H28BNO2.C42H26BNO.C36H21BO2/c1-2-12-32-31(11-1)37-27-47-39(35-15-5-9-19-45(35)51-47)25-41(37)49(42-26-40-36-16-6-10-20-46(36)52-48(40)28-38(32)42)29-21-23-30(24-22-29)50-43-17-7-3-13-33(43)34-14-4-8-18-44(34)50;1-2-12-28(13-3-1)44-38-20-10-6-15-30(38)35-26-27(22-25-39(35)44)43-36-18-8-4-14-29(36)32-23-24-33-31-16-7-11-21-40(31)45-42(33)41(32)34-17-5-9-19-37(34)43;1-2-10-22(11-3-1)37-31-18-29-25-14-6-8-16-33(25)38-35(29)20-27(31)23-12-4-5-13-24(23)28-21-36-30(19-32(28)37)26-15-7-9-17-34(26)39-36/h1-28H;1-26H;1-21H. The van der Waals surface area contributed by atoms with Gasteiger partial charge in [0, 0.05) is 92.3 Å². The van der Waals surface area contributed by atoms with Gasteiger partial charge < -0.3 is 31.2 Å². The molecular formula is C126H75B3N2O5. The van der Waals surface area contributed by atoms with Gasteiger partial charge in [0.1, 0.15) is 55.8 Å². The molecule has 0 N–H and O–H groups in total. The Balaban J connectivity index is 0.0000000999. The first-order chi connectivity index (χ1) is 67.5. The molecule has 0 aliphatic carbocycles. The van der Waals surface area contributed by atoms with Crippen molar-refractivity contribution in [3.05, 3.63) is 455 Å². The lowest BCUT2D eigenvalue weighted by Crippen LogP contribution is -2.52. The van der Waals surface area contributed by atoms with Crippen LogP contribution in [0.5, 0.6) is 0 Å². The molecule has 0 saturated heterocycles. The van der Waals surface area contributed by atoms with Crippen LogP contribution in [0, 0.1) is 0 Å². The predicted octanol–water partition coefficient (Wildman–Crippen LogP) is 27.2. The van der Waals surface area contributed by atoms with E-state index in [1.807, 2.05) is 30.3 Å². The monoisotopic (exact) mass is 1730 g/mol. The quantitative estimate of drug-likeness (QED) is 0.161. The van der Waals surface area contributed by atoms with Crippen molar-refractivity contribution in [1.29, 1.82) is 0 Å². The minimum atomic E-state index is -0.0549. The number of benzene rings is 21. The summed E-state index contributed by atoms with van der Waals surface area (Å²) in [5.74, 6) is 0. The summed E-state index contributed by atoms with van der Waals surface area (Å²) in [6, 6.07) is 164. The predicted molar refractivity (Wildman–Crippen MR) is 570 cm³/mol. The number of fused-ring (bicyclic) bond motifs is 37. The van der Waals surface area contributed by atoms with Crippen molar-refractivity contribution in [2.24, 2.45) is 0 Å². The molecule has 10 heteroatoms. The second kappa shape index (κ2) is 30.0. The van der Waals surface area contributed by atoms with Crippen LogP contribution in [0.3, 0.4) is 0 Å². The molecule has 0 spiro atoms. The highest BCUT2D eigenvalue weighted by atomic mass is 16.3. The average molecular weight is 1730 g/mol. The average Bonchev–Trinajstić information content (AvgIpc) is 1.57. The first-order valence-corrected chi connectivity index (χ1v) is 46.8. The largest absolute Gasteiger partial charge is 0.456 e. The summed E-state index contributed by atoms with van der Waals surface area (Å²) in [5, 5.41) is 16.5. The molecule has 0 atom stereocenters. The fourth-order valence-electron chi connectivity index (χ4n) is 23.5. The SMILES string of the molecule is c1ccc(-n2c3ccccc3c3cc(B4c5ccccc5-c5ccc6c(oc7ccccc76)c5-c5ccccc54)ccc32)cc1.c1ccc(B2c3cc4c(cc3-c3ccccc3-c3cc5oc6ccccc6c5cc32)oc2ccccc24)cc1.c1ccc2c(c1)-c1cc3oc4ccccc4c3cc1B(c1ccc(-n3c4ccccc4c4ccccc43)cc1)c1cc3c(cc1-2)oc1ccccc13. The summed E-state index contributed by atoms with van der Waals surface area (Å²) in [5.41, 5.74) is 42.4.